The van der Waals surface area contributed by atoms with Gasteiger partial charge in [-0.3, -0.25) is 0 Å². The fourth-order valence-corrected chi connectivity index (χ4v) is 22.7. The monoisotopic (exact) mass is 1740 g/mol. The smallest absolute Gasteiger partial charge is 0.252 e. The first-order valence-corrected chi connectivity index (χ1v) is 46.1. The number of fused-ring (bicyclic) bond motifs is 22. The average Bonchev–Trinajstić information content (AvgIpc) is 1.03. The van der Waals surface area contributed by atoms with Crippen LogP contribution in [0.4, 0.5) is 34.1 Å². The molecule has 0 fully saturated rings. The maximum Gasteiger partial charge on any atom is 0.252 e. The van der Waals surface area contributed by atoms with Gasteiger partial charge in [-0.05, 0) is 229 Å². The second-order valence-corrected chi connectivity index (χ2v) is 35.7. The van der Waals surface area contributed by atoms with E-state index in [2.05, 4.69) is 324 Å². The summed E-state index contributed by atoms with van der Waals surface area (Å²) in [5, 5.41) is 12.4. The van der Waals surface area contributed by atoms with Crippen molar-refractivity contribution in [3.05, 3.63) is 485 Å². The van der Waals surface area contributed by atoms with Crippen LogP contribution >= 0.6 is 0 Å². The topological polar surface area (TPSA) is 20.8 Å². The molecule has 2 aliphatic rings. The van der Waals surface area contributed by atoms with Gasteiger partial charge in [0.15, 0.2) is 0 Å². The van der Waals surface area contributed by atoms with Gasteiger partial charge in [-0.2, -0.15) is 0 Å². The molecule has 5 nitrogen and oxygen atoms in total. The Morgan fingerprint density at radius 3 is 1.15 bits per heavy atom. The minimum atomic E-state index is -0.862. The molecule has 6 heterocycles. The largest absolute Gasteiger partial charge is 0.310 e. The van der Waals surface area contributed by atoms with Crippen molar-refractivity contribution < 1.29 is 19.2 Å². The van der Waals surface area contributed by atoms with Gasteiger partial charge in [-0.25, -0.2) is 0 Å². The van der Waals surface area contributed by atoms with Crippen LogP contribution in [-0.2, 0) is 0 Å². The van der Waals surface area contributed by atoms with Gasteiger partial charge in [-0.15, -0.1) is 0 Å². The maximum atomic E-state index is 10.9. The van der Waals surface area contributed by atoms with E-state index in [0.717, 1.165) is 181 Å². The number of nitrogens with zero attached hydrogens (tertiary/aromatic N) is 5. The van der Waals surface area contributed by atoms with E-state index < -0.39 is 55.1 Å². The quantitative estimate of drug-likeness (QED) is 0.0898. The van der Waals surface area contributed by atoms with Crippen LogP contribution in [0.15, 0.2) is 485 Å². The summed E-state index contributed by atoms with van der Waals surface area (Å²) in [5.41, 5.74) is 22.2. The maximum absolute atomic E-state index is 10.9. The van der Waals surface area contributed by atoms with Crippen molar-refractivity contribution >= 4 is 182 Å². The summed E-state index contributed by atoms with van der Waals surface area (Å²) < 4.78 is 148. The van der Waals surface area contributed by atoms with Crippen molar-refractivity contribution in [3.8, 4) is 100 Å². The first-order chi connectivity index (χ1) is 73.3. The van der Waals surface area contributed by atoms with Gasteiger partial charge in [0.1, 0.15) is 0 Å². The van der Waals surface area contributed by atoms with Crippen LogP contribution in [0.5, 0.6) is 0 Å². The van der Waals surface area contributed by atoms with Gasteiger partial charge < -0.3 is 23.3 Å². The third-order valence-corrected chi connectivity index (χ3v) is 28.5. The first-order valence-electron chi connectivity index (χ1n) is 53.1. The Bertz CT molecular complexity index is 10600. The van der Waals surface area contributed by atoms with E-state index in [1.54, 1.807) is 33.4 Å². The third-order valence-electron chi connectivity index (χ3n) is 28.5. The summed E-state index contributed by atoms with van der Waals surface area (Å²) >= 11 is 0. The number of aromatic nitrogens is 3. The van der Waals surface area contributed by atoms with E-state index in [0.29, 0.717) is 39.6 Å². The summed E-state index contributed by atoms with van der Waals surface area (Å²) in [5.74, 6) is 0. The highest BCUT2D eigenvalue weighted by atomic mass is 15.2. The minimum Gasteiger partial charge on any atom is -0.310 e. The predicted octanol–water partition coefficient (Wildman–Crippen LogP) is 33.1. The molecule has 0 saturated carbocycles. The van der Waals surface area contributed by atoms with Crippen LogP contribution in [0.25, 0.3) is 225 Å². The van der Waals surface area contributed by atoms with Gasteiger partial charge in [0.05, 0.1) is 69.2 Å². The summed E-state index contributed by atoms with van der Waals surface area (Å²) in [6.45, 7) is -0.862. The summed E-state index contributed by atoms with van der Waals surface area (Å²) in [7, 11) is 0. The molecule has 0 amide bonds. The summed E-state index contributed by atoms with van der Waals surface area (Å²) in [6, 6.07) is 133. The molecule has 27 aromatic rings. The lowest BCUT2D eigenvalue weighted by Crippen LogP contribution is -2.61. The highest BCUT2D eigenvalue weighted by molar-refractivity contribution is 7.00. The second kappa shape index (κ2) is 29.8. The molecule has 0 bridgehead atoms. The molecule has 628 valence electrons. The Kier molecular flexibility index (Phi) is 13.9. The molecule has 29 rings (SSSR count). The van der Waals surface area contributed by atoms with Gasteiger partial charge >= 0.3 is 0 Å². The zero-order valence-corrected chi connectivity index (χ0v) is 72.9. The van der Waals surface area contributed by atoms with Gasteiger partial charge in [0.25, 0.3) is 6.71 Å². The van der Waals surface area contributed by atoms with Crippen LogP contribution in [0.2, 0.25) is 0 Å². The Labute approximate surface area is 805 Å². The fourth-order valence-electron chi connectivity index (χ4n) is 22.7. The number of anilines is 6. The molecular weight excluding hydrogens is 1640 g/mol. The molecule has 0 atom stereocenters. The van der Waals surface area contributed by atoms with E-state index in [1.807, 2.05) is 66.7 Å². The summed E-state index contributed by atoms with van der Waals surface area (Å²) in [4.78, 5) is 4.88. The minimum absolute atomic E-state index is 0.00109. The van der Waals surface area contributed by atoms with E-state index in [1.165, 1.54) is 0 Å². The van der Waals surface area contributed by atoms with Crippen molar-refractivity contribution in [2.24, 2.45) is 0 Å². The molecule has 23 aromatic carbocycles. The van der Waals surface area contributed by atoms with E-state index in [9.17, 15) is 19.2 Å². The molecular formula is C130H80BN5. The fraction of sp³-hybridized carbons (Fsp3) is 0. The average molecular weight is 1740 g/mol. The van der Waals surface area contributed by atoms with Crippen molar-refractivity contribution in [1.82, 2.24) is 13.5 Å². The third kappa shape index (κ3) is 11.4. The molecule has 6 heteroatoms. The Balaban J connectivity index is 0.842. The Morgan fingerprint density at radius 2 is 0.603 bits per heavy atom. The van der Waals surface area contributed by atoms with Gasteiger partial charge in [-0.1, -0.05) is 382 Å². The van der Waals surface area contributed by atoms with Crippen molar-refractivity contribution in [1.29, 1.82) is 0 Å². The molecule has 0 saturated heterocycles. The first kappa shape index (κ1) is 63.2. The number of rotatable bonds is 12. The lowest BCUT2D eigenvalue weighted by Gasteiger charge is -2.46. The molecule has 0 radical (unpaired) electrons. The number of para-hydroxylation sites is 5. The molecule has 4 aromatic heterocycles. The lowest BCUT2D eigenvalue weighted by atomic mass is 9.33. The van der Waals surface area contributed by atoms with Crippen LogP contribution in [-0.4, -0.2) is 20.2 Å². The molecule has 0 N–H and O–H groups in total. The normalized spacial score (nSPS) is 14.0. The van der Waals surface area contributed by atoms with Gasteiger partial charge in [0, 0.05) is 99.5 Å². The number of hydrogen-bond acceptors (Lipinski definition) is 2. The predicted molar refractivity (Wildman–Crippen MR) is 577 cm³/mol. The molecule has 0 spiro atoms. The Morgan fingerprint density at radius 1 is 0.199 bits per heavy atom. The van der Waals surface area contributed by atoms with Crippen molar-refractivity contribution in [3.63, 3.8) is 0 Å². The highest BCUT2D eigenvalue weighted by Crippen LogP contribution is 2.58. The zero-order chi connectivity index (χ0) is 101. The van der Waals surface area contributed by atoms with E-state index >= 15 is 0 Å². The standard InChI is InChI=1S/C130H80BN5/c1-6-32-81(33-7-1)87-60-65-105-102-50-24-27-57-117(102)132(121(105)75-87)93-63-67-115-123(79-93)135(128-97(84-38-12-4-13-39-84)53-30-55-108(128)111-71-89-42-16-18-44-95(89)98-46-20-22-48-100(98)111)125-77-92(86-62-69-120-113(70-86)109-56-31-54-107-104-52-26-29-59-119(104)134(120)129(107)109)78-126-127(125)131(115)116-68-64-94(133-118-58-28-25-51-103(118)106-66-61-88(76-122(106)133)82-34-8-2-9-35-82)80-124(116)136(126)130-110(85-40-14-5-15-41-85)73-91(83-36-10-3-11-37-83)74-114(130)112-72-90-43-17-19-45-96(90)99-47-21-23-49-101(99)112/h1-80H/i24D,25D,27D,28D,50D,51D,57D,58D,60D,61D,65D,66D,75D,76D. The van der Waals surface area contributed by atoms with E-state index in [-0.39, 0.29) is 91.0 Å². The molecule has 2 aliphatic heterocycles. The highest BCUT2D eigenvalue weighted by Gasteiger charge is 2.47. The van der Waals surface area contributed by atoms with Crippen LogP contribution in [0.3, 0.4) is 0 Å². The van der Waals surface area contributed by atoms with Gasteiger partial charge in [0.2, 0.25) is 0 Å². The second-order valence-electron chi connectivity index (χ2n) is 35.7. The van der Waals surface area contributed by atoms with E-state index in [4.69, 9.17) is 0 Å². The number of hydrogen-bond donors (Lipinski definition) is 0. The van der Waals surface area contributed by atoms with Crippen LogP contribution in [0, 0.1) is 0 Å². The number of benzene rings is 23. The zero-order valence-electron chi connectivity index (χ0n) is 86.9. The van der Waals surface area contributed by atoms with Crippen LogP contribution < -0.4 is 26.2 Å². The Hall–Kier alpha value is -17.8. The van der Waals surface area contributed by atoms with Crippen LogP contribution in [0.1, 0.15) is 19.2 Å². The SMILES string of the molecule is [2H]c1c([2H])c([2H])c2c(c1[2H])c1c([2H])c([2H])c(-c3ccccc3)c([2H])c1n2-c1ccc2c(c1)N(c1c(-c3ccccc3)cccc1-c1cc3ccccc3c3ccccc13)c1cc(-c3ccc4c(c3)c3cccc5c6ccccc6n4c53)cc3c1B2c1ccc(-n2c4c([2H])c([2H])c([2H])c([2H])c4c4c([2H])c([2H])c(-c5ccccc5)c([2H])c42)cc1N3c1c(-c2ccccc2)cc(-c2ccccc2)cc1-c1cc2ccccc2c2ccccc12. The lowest BCUT2D eigenvalue weighted by molar-refractivity contribution is 1.17. The summed E-state index contributed by atoms with van der Waals surface area (Å²) in [6.07, 6.45) is 0. The molecule has 0 unspecified atom stereocenters. The van der Waals surface area contributed by atoms with Crippen molar-refractivity contribution in [2.75, 3.05) is 9.80 Å². The molecule has 0 aliphatic carbocycles. The molecule has 136 heavy (non-hydrogen) atoms. The van der Waals surface area contributed by atoms with Crippen molar-refractivity contribution in [2.45, 2.75) is 0 Å².